The first-order valence-corrected chi connectivity index (χ1v) is 14.1. The lowest BCUT2D eigenvalue weighted by atomic mass is 9.97. The maximum Gasteiger partial charge on any atom is 0.410 e. The molecular weight excluding hydrogens is 569 g/mol. The number of rotatable bonds is 7. The highest BCUT2D eigenvalue weighted by Crippen LogP contribution is 2.44. The molecule has 1 aromatic heterocycles. The fraction of sp³-hybridized carbons (Fsp3) is 0.176. The first-order chi connectivity index (χ1) is 21.1. The maximum atomic E-state index is 14.2. The number of aromatic nitrogens is 2. The van der Waals surface area contributed by atoms with E-state index in [1.165, 1.54) is 6.07 Å². The number of halogens is 3. The third-order valence-electron chi connectivity index (χ3n) is 7.41. The van der Waals surface area contributed by atoms with Gasteiger partial charge in [-0.05, 0) is 42.7 Å². The van der Waals surface area contributed by atoms with Crippen molar-refractivity contribution < 1.29 is 27.4 Å². The van der Waals surface area contributed by atoms with Crippen molar-refractivity contribution >= 4 is 17.4 Å². The van der Waals surface area contributed by atoms with Crippen molar-refractivity contribution in [2.45, 2.75) is 38.5 Å². The minimum absolute atomic E-state index is 0.109. The number of aryl methyl sites for hydroxylation is 2. The number of amides is 1. The summed E-state index contributed by atoms with van der Waals surface area (Å²) in [5, 5.41) is 9.97. The molecule has 0 saturated heterocycles. The first-order valence-electron chi connectivity index (χ1n) is 14.1. The molecule has 4 aromatic carbocycles. The SMILES string of the molecule is Cc1ccccc1Oc1cc(NC(=O)c2cc3n(n2)C(C(F)(F)F)CC(c2ccccc2)N3)cc(Oc2ccccc2C)c1. The fourth-order valence-corrected chi connectivity index (χ4v) is 5.14. The summed E-state index contributed by atoms with van der Waals surface area (Å²) >= 11 is 0. The Balaban J connectivity index is 1.30. The number of nitrogens with zero attached hydrogens (tertiary/aromatic N) is 2. The monoisotopic (exact) mass is 598 g/mol. The quantitative estimate of drug-likeness (QED) is 0.196. The van der Waals surface area contributed by atoms with E-state index >= 15 is 0 Å². The zero-order chi connectivity index (χ0) is 30.8. The van der Waals surface area contributed by atoms with Crippen molar-refractivity contribution in [1.29, 1.82) is 0 Å². The summed E-state index contributed by atoms with van der Waals surface area (Å²) in [5.41, 5.74) is 2.69. The van der Waals surface area contributed by atoms with E-state index in [1.807, 2.05) is 62.4 Å². The van der Waals surface area contributed by atoms with Gasteiger partial charge in [0.25, 0.3) is 5.91 Å². The molecule has 224 valence electrons. The number of para-hydroxylation sites is 2. The molecule has 1 aliphatic rings. The van der Waals surface area contributed by atoms with Crippen LogP contribution in [0.5, 0.6) is 23.0 Å². The molecule has 0 aliphatic carbocycles. The van der Waals surface area contributed by atoms with Crippen molar-refractivity contribution in [1.82, 2.24) is 9.78 Å². The molecule has 2 N–H and O–H groups in total. The Kier molecular flexibility index (Phi) is 7.73. The van der Waals surface area contributed by atoms with E-state index in [0.29, 0.717) is 34.2 Å². The predicted molar refractivity (Wildman–Crippen MR) is 162 cm³/mol. The number of hydrogen-bond donors (Lipinski definition) is 2. The summed E-state index contributed by atoms with van der Waals surface area (Å²) in [6, 6.07) is 27.7. The minimum Gasteiger partial charge on any atom is -0.457 e. The van der Waals surface area contributed by atoms with Crippen LogP contribution in [0, 0.1) is 13.8 Å². The number of alkyl halides is 3. The summed E-state index contributed by atoms with van der Waals surface area (Å²) in [4.78, 5) is 13.4. The Morgan fingerprint density at radius 1 is 0.841 bits per heavy atom. The van der Waals surface area contributed by atoms with E-state index in [1.54, 1.807) is 48.5 Å². The molecule has 0 fully saturated rings. The zero-order valence-electron chi connectivity index (χ0n) is 23.9. The molecule has 1 amide bonds. The van der Waals surface area contributed by atoms with Crippen LogP contribution in [0.3, 0.4) is 0 Å². The molecule has 0 radical (unpaired) electrons. The molecule has 0 saturated carbocycles. The van der Waals surface area contributed by atoms with E-state index in [2.05, 4.69) is 15.7 Å². The Morgan fingerprint density at radius 3 is 1.98 bits per heavy atom. The second-order valence-corrected chi connectivity index (χ2v) is 10.6. The van der Waals surface area contributed by atoms with Crippen LogP contribution in [0.4, 0.5) is 24.7 Å². The Morgan fingerprint density at radius 2 is 1.41 bits per heavy atom. The highest BCUT2D eigenvalue weighted by Gasteiger charge is 2.46. The summed E-state index contributed by atoms with van der Waals surface area (Å²) in [6.45, 7) is 3.83. The summed E-state index contributed by atoms with van der Waals surface area (Å²) in [7, 11) is 0. The third-order valence-corrected chi connectivity index (χ3v) is 7.41. The van der Waals surface area contributed by atoms with Gasteiger partial charge in [-0.25, -0.2) is 4.68 Å². The van der Waals surface area contributed by atoms with Crippen LogP contribution in [0.25, 0.3) is 0 Å². The van der Waals surface area contributed by atoms with Crippen molar-refractivity contribution in [3.05, 3.63) is 126 Å². The average molecular weight is 599 g/mol. The normalized spacial score (nSPS) is 16.0. The molecular formula is C34H29F3N4O3. The van der Waals surface area contributed by atoms with Gasteiger partial charge >= 0.3 is 6.18 Å². The number of anilines is 2. The number of fused-ring (bicyclic) bond motifs is 1. The second kappa shape index (κ2) is 11.8. The lowest BCUT2D eigenvalue weighted by molar-refractivity contribution is -0.173. The van der Waals surface area contributed by atoms with E-state index in [4.69, 9.17) is 9.47 Å². The van der Waals surface area contributed by atoms with Crippen LogP contribution < -0.4 is 20.1 Å². The molecule has 10 heteroatoms. The number of carbonyl (C=O) groups is 1. The van der Waals surface area contributed by atoms with Gasteiger partial charge in [-0.1, -0.05) is 66.7 Å². The Bertz CT molecular complexity index is 1740. The third kappa shape index (κ3) is 6.24. The molecule has 0 spiro atoms. The van der Waals surface area contributed by atoms with Gasteiger partial charge in [-0.15, -0.1) is 0 Å². The average Bonchev–Trinajstić information content (AvgIpc) is 3.43. The van der Waals surface area contributed by atoms with Crippen molar-refractivity contribution in [3.63, 3.8) is 0 Å². The lowest BCUT2D eigenvalue weighted by Gasteiger charge is -2.33. The number of hydrogen-bond acceptors (Lipinski definition) is 5. The maximum absolute atomic E-state index is 14.2. The van der Waals surface area contributed by atoms with Crippen molar-refractivity contribution in [2.24, 2.45) is 0 Å². The molecule has 2 unspecified atom stereocenters. The molecule has 0 bridgehead atoms. The van der Waals surface area contributed by atoms with Crippen LogP contribution in [0.15, 0.2) is 103 Å². The highest BCUT2D eigenvalue weighted by molar-refractivity contribution is 6.03. The first kappa shape index (κ1) is 28.9. The molecule has 1 aliphatic heterocycles. The van der Waals surface area contributed by atoms with Crippen LogP contribution in [0.1, 0.15) is 45.7 Å². The minimum atomic E-state index is -4.56. The molecule has 2 atom stereocenters. The predicted octanol–water partition coefficient (Wildman–Crippen LogP) is 9.00. The Labute approximate surface area is 252 Å². The molecule has 5 aromatic rings. The van der Waals surface area contributed by atoms with E-state index in [9.17, 15) is 18.0 Å². The van der Waals surface area contributed by atoms with Gasteiger partial charge in [0.15, 0.2) is 11.7 Å². The van der Waals surface area contributed by atoms with E-state index < -0.39 is 24.2 Å². The lowest BCUT2D eigenvalue weighted by Crippen LogP contribution is -2.35. The number of ether oxygens (including phenoxy) is 2. The van der Waals surface area contributed by atoms with Gasteiger partial charge in [0.2, 0.25) is 0 Å². The van der Waals surface area contributed by atoms with Crippen LogP contribution in [-0.4, -0.2) is 21.9 Å². The molecule has 2 heterocycles. The molecule has 6 rings (SSSR count). The largest absolute Gasteiger partial charge is 0.457 e. The van der Waals surface area contributed by atoms with Crippen LogP contribution in [0.2, 0.25) is 0 Å². The van der Waals surface area contributed by atoms with Crippen LogP contribution >= 0.6 is 0 Å². The van der Waals surface area contributed by atoms with Gasteiger partial charge < -0.3 is 20.1 Å². The van der Waals surface area contributed by atoms with Gasteiger partial charge in [-0.3, -0.25) is 4.79 Å². The van der Waals surface area contributed by atoms with Gasteiger partial charge in [0.05, 0.1) is 6.04 Å². The molecule has 44 heavy (non-hydrogen) atoms. The molecule has 7 nitrogen and oxygen atoms in total. The summed E-state index contributed by atoms with van der Waals surface area (Å²) in [6.07, 6.45) is -4.83. The van der Waals surface area contributed by atoms with Gasteiger partial charge in [0, 0.05) is 36.4 Å². The van der Waals surface area contributed by atoms with Crippen molar-refractivity contribution in [3.8, 4) is 23.0 Å². The summed E-state index contributed by atoms with van der Waals surface area (Å²) in [5.74, 6) is 1.47. The van der Waals surface area contributed by atoms with Gasteiger partial charge in [0.1, 0.15) is 28.8 Å². The van der Waals surface area contributed by atoms with Crippen LogP contribution in [-0.2, 0) is 0 Å². The highest BCUT2D eigenvalue weighted by atomic mass is 19.4. The fourth-order valence-electron chi connectivity index (χ4n) is 5.14. The number of benzene rings is 4. The second-order valence-electron chi connectivity index (χ2n) is 10.6. The number of carbonyl (C=O) groups excluding carboxylic acids is 1. The summed E-state index contributed by atoms with van der Waals surface area (Å²) < 4.78 is 55.6. The topological polar surface area (TPSA) is 77.4 Å². The standard InChI is InChI=1S/C34H29F3N4O3/c1-21-10-6-8-14-29(21)43-25-16-24(17-26(18-25)44-30-15-9-7-11-22(30)2)38-33(42)28-20-32-39-27(23-12-4-3-5-13-23)19-31(34(35,36)37)41(32)40-28/h3-18,20,27,31,39H,19H2,1-2H3,(H,38,42). The number of nitrogens with one attached hydrogen (secondary N) is 2. The van der Waals surface area contributed by atoms with E-state index in [0.717, 1.165) is 15.8 Å². The van der Waals surface area contributed by atoms with Gasteiger partial charge in [-0.2, -0.15) is 18.3 Å². The Hall–Kier alpha value is -5.25. The van der Waals surface area contributed by atoms with E-state index in [-0.39, 0.29) is 17.9 Å². The smallest absolute Gasteiger partial charge is 0.410 e. The van der Waals surface area contributed by atoms with Crippen molar-refractivity contribution in [2.75, 3.05) is 10.6 Å². The zero-order valence-corrected chi connectivity index (χ0v) is 23.9.